The van der Waals surface area contributed by atoms with Crippen LogP contribution in [0.25, 0.3) is 0 Å². The third-order valence-electron chi connectivity index (χ3n) is 3.30. The Kier molecular flexibility index (Phi) is 6.54. The van der Waals surface area contributed by atoms with Crippen molar-refractivity contribution in [1.82, 2.24) is 10.6 Å². The maximum absolute atomic E-state index is 13.4. The highest BCUT2D eigenvalue weighted by Crippen LogP contribution is 2.17. The van der Waals surface area contributed by atoms with Gasteiger partial charge in [-0.15, -0.1) is 0 Å². The van der Waals surface area contributed by atoms with E-state index >= 15 is 0 Å². The predicted molar refractivity (Wildman–Crippen MR) is 88.0 cm³/mol. The van der Waals surface area contributed by atoms with Crippen LogP contribution in [-0.4, -0.2) is 25.2 Å². The molecule has 0 aliphatic heterocycles. The highest BCUT2D eigenvalue weighted by molar-refractivity contribution is 5.74. The molecule has 0 spiro atoms. The van der Waals surface area contributed by atoms with E-state index in [-0.39, 0.29) is 24.4 Å². The molecule has 2 aromatic rings. The van der Waals surface area contributed by atoms with E-state index in [0.717, 1.165) is 24.1 Å². The fraction of sp³-hybridized carbons (Fsp3) is 0.278. The lowest BCUT2D eigenvalue weighted by Gasteiger charge is -2.16. The number of ether oxygens (including phenoxy) is 1. The summed E-state index contributed by atoms with van der Waals surface area (Å²) in [6.45, 7) is 2.32. The fourth-order valence-corrected chi connectivity index (χ4v) is 2.09. The van der Waals surface area contributed by atoms with E-state index in [0.29, 0.717) is 6.54 Å². The van der Waals surface area contributed by atoms with Gasteiger partial charge in [0.05, 0.1) is 6.04 Å². The number of hydrogen-bond donors (Lipinski definition) is 2. The number of urea groups is 1. The maximum Gasteiger partial charge on any atom is 0.315 e. The van der Waals surface area contributed by atoms with E-state index in [1.165, 1.54) is 6.07 Å². The van der Waals surface area contributed by atoms with Gasteiger partial charge in [0.1, 0.15) is 12.4 Å². The van der Waals surface area contributed by atoms with Crippen molar-refractivity contribution in [3.63, 3.8) is 0 Å². The quantitative estimate of drug-likeness (QED) is 0.816. The Balaban J connectivity index is 1.67. The number of rotatable bonds is 7. The molecule has 2 rings (SSSR count). The lowest BCUT2D eigenvalue weighted by molar-refractivity contribution is 0.224. The molecular formula is C18H20F2N2O2. The molecule has 24 heavy (non-hydrogen) atoms. The molecule has 0 radical (unpaired) electrons. The van der Waals surface area contributed by atoms with Gasteiger partial charge in [-0.25, -0.2) is 13.6 Å². The van der Waals surface area contributed by atoms with E-state index < -0.39 is 11.6 Å². The molecule has 2 N–H and O–H groups in total. The number of nitrogens with one attached hydrogen (secondary N) is 2. The van der Waals surface area contributed by atoms with Crippen molar-refractivity contribution in [3.05, 3.63) is 65.7 Å². The van der Waals surface area contributed by atoms with Gasteiger partial charge in [-0.2, -0.15) is 0 Å². The Morgan fingerprint density at radius 2 is 1.92 bits per heavy atom. The second-order valence-electron chi connectivity index (χ2n) is 5.42. The van der Waals surface area contributed by atoms with Crippen molar-refractivity contribution in [2.24, 2.45) is 0 Å². The Morgan fingerprint density at radius 3 is 2.62 bits per heavy atom. The van der Waals surface area contributed by atoms with Crippen molar-refractivity contribution >= 4 is 6.03 Å². The first-order valence-electron chi connectivity index (χ1n) is 7.70. The highest BCUT2D eigenvalue weighted by Gasteiger charge is 2.10. The molecule has 0 aliphatic carbocycles. The van der Waals surface area contributed by atoms with Gasteiger partial charge in [0, 0.05) is 12.6 Å². The van der Waals surface area contributed by atoms with Crippen LogP contribution in [-0.2, 0) is 6.42 Å². The van der Waals surface area contributed by atoms with Gasteiger partial charge in [-0.3, -0.25) is 0 Å². The highest BCUT2D eigenvalue weighted by atomic mass is 19.1. The standard InChI is InChI=1S/C18H20F2N2O2/c1-13(12-24-17-8-7-15(19)11-16(17)20)22-18(23)21-10-9-14-5-3-2-4-6-14/h2-8,11,13H,9-10,12H2,1H3,(H2,21,22,23)/t13-/m0/s1. The Bertz CT molecular complexity index is 665. The van der Waals surface area contributed by atoms with E-state index in [1.807, 2.05) is 30.3 Å². The van der Waals surface area contributed by atoms with E-state index in [1.54, 1.807) is 6.92 Å². The van der Waals surface area contributed by atoms with E-state index in [4.69, 9.17) is 4.74 Å². The van der Waals surface area contributed by atoms with Crippen LogP contribution in [0.5, 0.6) is 5.75 Å². The topological polar surface area (TPSA) is 50.4 Å². The molecular weight excluding hydrogens is 314 g/mol. The molecule has 4 nitrogen and oxygen atoms in total. The second-order valence-corrected chi connectivity index (χ2v) is 5.42. The number of hydrogen-bond acceptors (Lipinski definition) is 2. The largest absolute Gasteiger partial charge is 0.488 e. The first kappa shape index (κ1) is 17.7. The molecule has 0 aromatic heterocycles. The predicted octanol–water partition coefficient (Wildman–Crippen LogP) is 3.27. The monoisotopic (exact) mass is 334 g/mol. The summed E-state index contributed by atoms with van der Waals surface area (Å²) >= 11 is 0. The summed E-state index contributed by atoms with van der Waals surface area (Å²) in [5.41, 5.74) is 1.14. The summed E-state index contributed by atoms with van der Waals surface area (Å²) in [7, 11) is 0. The average molecular weight is 334 g/mol. The zero-order valence-electron chi connectivity index (χ0n) is 13.4. The minimum atomic E-state index is -0.769. The first-order valence-corrected chi connectivity index (χ1v) is 7.70. The van der Waals surface area contributed by atoms with E-state index in [9.17, 15) is 13.6 Å². The molecule has 0 unspecified atom stereocenters. The van der Waals surface area contributed by atoms with Gasteiger partial charge in [0.2, 0.25) is 0 Å². The summed E-state index contributed by atoms with van der Waals surface area (Å²) in [5.74, 6) is -1.48. The summed E-state index contributed by atoms with van der Waals surface area (Å²) < 4.78 is 31.5. The van der Waals surface area contributed by atoms with Crippen molar-refractivity contribution in [3.8, 4) is 5.75 Å². The van der Waals surface area contributed by atoms with Gasteiger partial charge < -0.3 is 15.4 Å². The molecule has 128 valence electrons. The normalized spacial score (nSPS) is 11.6. The molecule has 0 aliphatic rings. The number of carbonyl (C=O) groups excluding carboxylic acids is 1. The first-order chi connectivity index (χ1) is 11.5. The third-order valence-corrected chi connectivity index (χ3v) is 3.30. The van der Waals surface area contributed by atoms with Gasteiger partial charge >= 0.3 is 6.03 Å². The Morgan fingerprint density at radius 1 is 1.17 bits per heavy atom. The zero-order valence-corrected chi connectivity index (χ0v) is 13.4. The number of carbonyl (C=O) groups is 1. The molecule has 0 saturated heterocycles. The Hall–Kier alpha value is -2.63. The van der Waals surface area contributed by atoms with Crippen molar-refractivity contribution in [1.29, 1.82) is 0 Å². The minimum absolute atomic E-state index is 0.0467. The Labute approximate surface area is 139 Å². The fourth-order valence-electron chi connectivity index (χ4n) is 2.09. The second kappa shape index (κ2) is 8.86. The summed E-state index contributed by atoms with van der Waals surface area (Å²) in [6, 6.07) is 12.3. The van der Waals surface area contributed by atoms with Gasteiger partial charge in [-0.1, -0.05) is 30.3 Å². The smallest absolute Gasteiger partial charge is 0.315 e. The van der Waals surface area contributed by atoms with E-state index in [2.05, 4.69) is 10.6 Å². The van der Waals surface area contributed by atoms with Crippen LogP contribution in [0.15, 0.2) is 48.5 Å². The van der Waals surface area contributed by atoms with Gasteiger partial charge in [0.15, 0.2) is 11.6 Å². The SMILES string of the molecule is C[C@@H](COc1ccc(F)cc1F)NC(=O)NCCc1ccccc1. The summed E-state index contributed by atoms with van der Waals surface area (Å²) in [4.78, 5) is 11.8. The van der Waals surface area contributed by atoms with Crippen LogP contribution in [0, 0.1) is 11.6 Å². The van der Waals surface area contributed by atoms with Crippen LogP contribution in [0.4, 0.5) is 13.6 Å². The van der Waals surface area contributed by atoms with Crippen LogP contribution in [0.3, 0.4) is 0 Å². The molecule has 0 saturated carbocycles. The van der Waals surface area contributed by atoms with Crippen LogP contribution in [0.2, 0.25) is 0 Å². The maximum atomic E-state index is 13.4. The van der Waals surface area contributed by atoms with Gasteiger partial charge in [0.25, 0.3) is 0 Å². The van der Waals surface area contributed by atoms with Crippen LogP contribution < -0.4 is 15.4 Å². The summed E-state index contributed by atoms with van der Waals surface area (Å²) in [5, 5.41) is 5.45. The third kappa shape index (κ3) is 5.87. The van der Waals surface area contributed by atoms with Gasteiger partial charge in [-0.05, 0) is 31.0 Å². The molecule has 2 amide bonds. The zero-order chi connectivity index (χ0) is 17.4. The lowest BCUT2D eigenvalue weighted by Crippen LogP contribution is -2.43. The molecule has 2 aromatic carbocycles. The number of halogens is 2. The average Bonchev–Trinajstić information content (AvgIpc) is 2.55. The van der Waals surface area contributed by atoms with Crippen molar-refractivity contribution in [2.45, 2.75) is 19.4 Å². The lowest BCUT2D eigenvalue weighted by atomic mass is 10.1. The van der Waals surface area contributed by atoms with Crippen LogP contribution in [0.1, 0.15) is 12.5 Å². The number of amides is 2. The molecule has 0 bridgehead atoms. The molecule has 6 heteroatoms. The molecule has 0 heterocycles. The van der Waals surface area contributed by atoms with Crippen LogP contribution >= 0.6 is 0 Å². The van der Waals surface area contributed by atoms with Crippen molar-refractivity contribution in [2.75, 3.05) is 13.2 Å². The minimum Gasteiger partial charge on any atom is -0.488 e. The molecule has 1 atom stereocenters. The molecule has 0 fully saturated rings. The summed E-state index contributed by atoms with van der Waals surface area (Å²) in [6.07, 6.45) is 0.736. The van der Waals surface area contributed by atoms with Crippen molar-refractivity contribution < 1.29 is 18.3 Å². The number of benzene rings is 2.